The Kier molecular flexibility index (Phi) is 5.00. The third-order valence-corrected chi connectivity index (χ3v) is 6.84. The Bertz CT molecular complexity index is 634. The van der Waals surface area contributed by atoms with E-state index in [-0.39, 0.29) is 22.1 Å². The van der Waals surface area contributed by atoms with Gasteiger partial charge in [-0.25, -0.2) is 8.78 Å². The number of nitrogens with one attached hydrogen (secondary N) is 1. The molecule has 2 fully saturated rings. The Morgan fingerprint density at radius 1 is 1.33 bits per heavy atom. The van der Waals surface area contributed by atoms with Gasteiger partial charge in [0.1, 0.15) is 11.7 Å². The number of hydrogen-bond donors (Lipinski definition) is 1. The third kappa shape index (κ3) is 3.11. The number of fused-ring (bicyclic) bond motifs is 2. The second-order valence-corrected chi connectivity index (χ2v) is 8.13. The van der Waals surface area contributed by atoms with Crippen LogP contribution in [0, 0.1) is 24.7 Å². The normalized spacial score (nSPS) is 28.4. The average Bonchev–Trinajstić information content (AvgIpc) is 3.22. The van der Waals surface area contributed by atoms with Crippen molar-refractivity contribution in [3.05, 3.63) is 15.9 Å². The fourth-order valence-electron chi connectivity index (χ4n) is 4.51. The van der Waals surface area contributed by atoms with E-state index in [0.717, 1.165) is 11.8 Å². The first-order valence-electron chi connectivity index (χ1n) is 8.62. The molecule has 2 saturated carbocycles. The molecule has 24 heavy (non-hydrogen) atoms. The van der Waals surface area contributed by atoms with Crippen molar-refractivity contribution in [1.82, 2.24) is 15.1 Å². The molecule has 1 N–H and O–H groups in total. The van der Waals surface area contributed by atoms with E-state index in [1.165, 1.54) is 30.4 Å². The number of rotatable bonds is 5. The quantitative estimate of drug-likeness (QED) is 0.791. The van der Waals surface area contributed by atoms with E-state index in [4.69, 9.17) is 0 Å². The Labute approximate surface area is 149 Å². The number of alkyl halides is 2. The van der Waals surface area contributed by atoms with Crippen molar-refractivity contribution < 1.29 is 13.6 Å². The largest absolute Gasteiger partial charge is 0.352 e. The molecular formula is C17H24BrF2N3O. The molecule has 0 aromatic carbocycles. The predicted octanol–water partition coefficient (Wildman–Crippen LogP) is 4.39. The summed E-state index contributed by atoms with van der Waals surface area (Å²) in [6.45, 7) is 5.45. The molecule has 0 spiro atoms. The number of aromatic nitrogens is 2. The monoisotopic (exact) mass is 403 g/mol. The number of halogens is 3. The summed E-state index contributed by atoms with van der Waals surface area (Å²) in [6, 6.07) is -0.501. The summed E-state index contributed by atoms with van der Waals surface area (Å²) in [5.41, 5.74) is 0.230. The van der Waals surface area contributed by atoms with Crippen molar-refractivity contribution in [3.63, 3.8) is 0 Å². The highest BCUT2D eigenvalue weighted by atomic mass is 79.9. The summed E-state index contributed by atoms with van der Waals surface area (Å²) in [5.74, 6) is 1.94. The van der Waals surface area contributed by atoms with Gasteiger partial charge in [-0.3, -0.25) is 9.48 Å². The van der Waals surface area contributed by atoms with Gasteiger partial charge in [-0.15, -0.1) is 0 Å². The summed E-state index contributed by atoms with van der Waals surface area (Å²) in [4.78, 5) is 12.6. The second kappa shape index (κ2) is 6.73. The molecule has 1 aromatic rings. The van der Waals surface area contributed by atoms with Gasteiger partial charge in [-0.05, 0) is 73.7 Å². The smallest absolute Gasteiger partial charge is 0.283 e. The minimum atomic E-state index is -2.66. The highest BCUT2D eigenvalue weighted by molar-refractivity contribution is 9.10. The zero-order valence-electron chi connectivity index (χ0n) is 14.2. The Hall–Kier alpha value is -0.980. The van der Waals surface area contributed by atoms with Gasteiger partial charge in [0.05, 0.1) is 10.2 Å². The van der Waals surface area contributed by atoms with Gasteiger partial charge in [0.15, 0.2) is 0 Å². The van der Waals surface area contributed by atoms with Gasteiger partial charge in [-0.2, -0.15) is 5.10 Å². The topological polar surface area (TPSA) is 46.9 Å². The van der Waals surface area contributed by atoms with Crippen molar-refractivity contribution in [2.45, 2.75) is 65.0 Å². The van der Waals surface area contributed by atoms with Gasteiger partial charge in [-0.1, -0.05) is 6.42 Å². The van der Waals surface area contributed by atoms with E-state index in [0.29, 0.717) is 11.6 Å². The van der Waals surface area contributed by atoms with Crippen molar-refractivity contribution in [3.8, 4) is 0 Å². The standard InChI is InChI=1S/C17H24BrF2N3O/c1-8(13-7-11-4-5-12(13)6-11)21-17(24)10(3)23-9(2)14(18)15(22-23)16(19)20/h8,10-13,16H,4-7H2,1-3H3,(H,21,24). The lowest BCUT2D eigenvalue weighted by atomic mass is 9.84. The van der Waals surface area contributed by atoms with Gasteiger partial charge < -0.3 is 5.32 Å². The lowest BCUT2D eigenvalue weighted by Crippen LogP contribution is -2.43. The Morgan fingerprint density at radius 2 is 2.04 bits per heavy atom. The first-order chi connectivity index (χ1) is 11.3. The molecule has 5 unspecified atom stereocenters. The van der Waals surface area contributed by atoms with Crippen LogP contribution >= 0.6 is 15.9 Å². The van der Waals surface area contributed by atoms with Crippen molar-refractivity contribution in [2.24, 2.45) is 17.8 Å². The van der Waals surface area contributed by atoms with Crippen LogP contribution in [0.1, 0.15) is 63.4 Å². The van der Waals surface area contributed by atoms with Crippen molar-refractivity contribution >= 4 is 21.8 Å². The molecule has 2 aliphatic carbocycles. The third-order valence-electron chi connectivity index (χ3n) is 5.86. The molecule has 5 atom stereocenters. The van der Waals surface area contributed by atoms with Gasteiger partial charge in [0.2, 0.25) is 5.91 Å². The molecular weight excluding hydrogens is 380 g/mol. The maximum Gasteiger partial charge on any atom is 0.283 e. The molecule has 134 valence electrons. The molecule has 1 amide bonds. The molecule has 1 aromatic heterocycles. The molecule has 0 radical (unpaired) electrons. The van der Waals surface area contributed by atoms with Crippen LogP contribution in [-0.2, 0) is 4.79 Å². The van der Waals surface area contributed by atoms with Crippen LogP contribution in [-0.4, -0.2) is 21.7 Å². The van der Waals surface area contributed by atoms with E-state index in [2.05, 4.69) is 33.3 Å². The summed E-state index contributed by atoms with van der Waals surface area (Å²) < 4.78 is 27.6. The SMILES string of the molecule is Cc1c(Br)c(C(F)F)nn1C(C)C(=O)NC(C)C1CC2CCC1C2. The predicted molar refractivity (Wildman–Crippen MR) is 90.9 cm³/mol. The average molecular weight is 404 g/mol. The van der Waals surface area contributed by atoms with Crippen molar-refractivity contribution in [1.29, 1.82) is 0 Å². The van der Waals surface area contributed by atoms with Crippen LogP contribution in [0.25, 0.3) is 0 Å². The van der Waals surface area contributed by atoms with Crippen LogP contribution in [0.3, 0.4) is 0 Å². The fourth-order valence-corrected chi connectivity index (χ4v) is 4.94. The minimum absolute atomic E-state index is 0.115. The van der Waals surface area contributed by atoms with Crippen molar-refractivity contribution in [2.75, 3.05) is 0 Å². The van der Waals surface area contributed by atoms with E-state index in [1.54, 1.807) is 13.8 Å². The number of carbonyl (C=O) groups excluding carboxylic acids is 1. The van der Waals surface area contributed by atoms with Crippen LogP contribution < -0.4 is 5.32 Å². The lowest BCUT2D eigenvalue weighted by Gasteiger charge is -2.29. The highest BCUT2D eigenvalue weighted by Gasteiger charge is 2.42. The Morgan fingerprint density at radius 3 is 2.54 bits per heavy atom. The first kappa shape index (κ1) is 17.8. The second-order valence-electron chi connectivity index (χ2n) is 7.34. The summed E-state index contributed by atoms with van der Waals surface area (Å²) in [6.07, 6.45) is 2.43. The molecule has 2 bridgehead atoms. The minimum Gasteiger partial charge on any atom is -0.352 e. The number of hydrogen-bond acceptors (Lipinski definition) is 2. The molecule has 2 aliphatic rings. The number of carbonyl (C=O) groups is 1. The highest BCUT2D eigenvalue weighted by Crippen LogP contribution is 2.49. The zero-order chi connectivity index (χ0) is 17.6. The van der Waals surface area contributed by atoms with E-state index < -0.39 is 12.5 Å². The molecule has 0 saturated heterocycles. The maximum atomic E-state index is 13.0. The molecule has 7 heteroatoms. The van der Waals surface area contributed by atoms with Crippen LogP contribution in [0.4, 0.5) is 8.78 Å². The number of nitrogens with zero attached hydrogens (tertiary/aromatic N) is 2. The zero-order valence-corrected chi connectivity index (χ0v) is 15.8. The Balaban J connectivity index is 1.68. The molecule has 4 nitrogen and oxygen atoms in total. The van der Waals surface area contributed by atoms with Crippen LogP contribution in [0.2, 0.25) is 0 Å². The lowest BCUT2D eigenvalue weighted by molar-refractivity contribution is -0.125. The summed E-state index contributed by atoms with van der Waals surface area (Å²) >= 11 is 3.15. The van der Waals surface area contributed by atoms with Gasteiger partial charge in [0, 0.05) is 6.04 Å². The molecule has 3 rings (SSSR count). The van der Waals surface area contributed by atoms with Crippen LogP contribution in [0.5, 0.6) is 0 Å². The summed E-state index contributed by atoms with van der Waals surface area (Å²) in [5, 5.41) is 7.02. The van der Waals surface area contributed by atoms with Crippen LogP contribution in [0.15, 0.2) is 4.47 Å². The van der Waals surface area contributed by atoms with E-state index in [9.17, 15) is 13.6 Å². The fraction of sp³-hybridized carbons (Fsp3) is 0.765. The van der Waals surface area contributed by atoms with Gasteiger partial charge >= 0.3 is 0 Å². The van der Waals surface area contributed by atoms with Gasteiger partial charge in [0.25, 0.3) is 6.43 Å². The van der Waals surface area contributed by atoms with E-state index >= 15 is 0 Å². The molecule has 0 aliphatic heterocycles. The molecule has 1 heterocycles. The first-order valence-corrected chi connectivity index (χ1v) is 9.41. The maximum absolute atomic E-state index is 13.0. The summed E-state index contributed by atoms with van der Waals surface area (Å²) in [7, 11) is 0. The van der Waals surface area contributed by atoms with E-state index in [1.807, 2.05) is 0 Å². The number of amides is 1.